The second-order valence-electron chi connectivity index (χ2n) is 7.68. The van der Waals surface area contributed by atoms with Gasteiger partial charge in [-0.3, -0.25) is 14.4 Å². The van der Waals surface area contributed by atoms with Gasteiger partial charge in [0.25, 0.3) is 5.91 Å². The largest absolute Gasteiger partial charge is 0.339 e. The van der Waals surface area contributed by atoms with Crippen molar-refractivity contribution in [2.75, 3.05) is 18.9 Å². The van der Waals surface area contributed by atoms with Crippen molar-refractivity contribution in [2.24, 2.45) is 0 Å². The number of hydrogen-bond acceptors (Lipinski definition) is 4. The van der Waals surface area contributed by atoms with Gasteiger partial charge in [0.1, 0.15) is 6.04 Å². The molecule has 3 rings (SSSR count). The Morgan fingerprint density at radius 2 is 1.72 bits per heavy atom. The van der Waals surface area contributed by atoms with E-state index in [1.54, 1.807) is 19.2 Å². The molecular formula is C25H27N3O3S. The van der Waals surface area contributed by atoms with Crippen molar-refractivity contribution in [3.63, 3.8) is 0 Å². The predicted molar refractivity (Wildman–Crippen MR) is 128 cm³/mol. The average molecular weight is 450 g/mol. The maximum Gasteiger partial charge on any atom is 0.262 e. The highest BCUT2D eigenvalue weighted by atomic mass is 32.1. The maximum absolute atomic E-state index is 13.2. The molecule has 2 aromatic carbocycles. The molecule has 0 saturated carbocycles. The second-order valence-corrected chi connectivity index (χ2v) is 8.63. The Morgan fingerprint density at radius 3 is 2.41 bits per heavy atom. The van der Waals surface area contributed by atoms with Crippen LogP contribution in [0.25, 0.3) is 0 Å². The standard InChI is InChI=1S/C25H27N3O3S/c1-17-9-7-12-20(18(17)2)26-23(29)16-28(3)25(31)21(15-19-10-5-4-6-11-19)27-24(30)22-13-8-14-32-22/h4-14,21H,15-16H2,1-3H3,(H,26,29)(H,27,30). The zero-order valence-corrected chi connectivity index (χ0v) is 19.2. The number of likely N-dealkylation sites (N-methyl/N-ethyl adjacent to an activating group) is 1. The number of rotatable bonds is 8. The molecule has 0 fully saturated rings. The average Bonchev–Trinajstić information content (AvgIpc) is 3.32. The highest BCUT2D eigenvalue weighted by Crippen LogP contribution is 2.18. The summed E-state index contributed by atoms with van der Waals surface area (Å²) in [5, 5.41) is 7.52. The Kier molecular flexibility index (Phi) is 7.78. The Hall–Kier alpha value is -3.45. The molecule has 1 atom stereocenters. The van der Waals surface area contributed by atoms with E-state index in [9.17, 15) is 14.4 Å². The van der Waals surface area contributed by atoms with Crippen LogP contribution in [0.1, 0.15) is 26.4 Å². The molecule has 2 N–H and O–H groups in total. The number of benzene rings is 2. The molecule has 3 aromatic rings. The number of carbonyl (C=O) groups is 3. The molecule has 0 aliphatic heterocycles. The minimum absolute atomic E-state index is 0.119. The lowest BCUT2D eigenvalue weighted by Crippen LogP contribution is -2.50. The third-order valence-electron chi connectivity index (χ3n) is 5.27. The van der Waals surface area contributed by atoms with E-state index >= 15 is 0 Å². The molecule has 0 spiro atoms. The van der Waals surface area contributed by atoms with Gasteiger partial charge in [-0.25, -0.2) is 0 Å². The van der Waals surface area contributed by atoms with Crippen LogP contribution in [0.4, 0.5) is 5.69 Å². The van der Waals surface area contributed by atoms with Gasteiger partial charge in [-0.15, -0.1) is 11.3 Å². The summed E-state index contributed by atoms with van der Waals surface area (Å²) in [6.07, 6.45) is 0.333. The van der Waals surface area contributed by atoms with Crippen molar-refractivity contribution >= 4 is 34.7 Å². The van der Waals surface area contributed by atoms with E-state index in [1.807, 2.05) is 67.8 Å². The zero-order chi connectivity index (χ0) is 23.1. The normalized spacial score (nSPS) is 11.5. The fourth-order valence-electron chi connectivity index (χ4n) is 3.32. The molecule has 6 nitrogen and oxygen atoms in total. The molecule has 1 unspecified atom stereocenters. The van der Waals surface area contributed by atoms with Gasteiger partial charge < -0.3 is 15.5 Å². The monoisotopic (exact) mass is 449 g/mol. The van der Waals surface area contributed by atoms with Gasteiger partial charge in [0, 0.05) is 19.2 Å². The first-order chi connectivity index (χ1) is 15.3. The highest BCUT2D eigenvalue weighted by Gasteiger charge is 2.26. The zero-order valence-electron chi connectivity index (χ0n) is 18.4. The molecular weight excluding hydrogens is 422 g/mol. The molecule has 0 bridgehead atoms. The number of nitrogens with one attached hydrogen (secondary N) is 2. The fourth-order valence-corrected chi connectivity index (χ4v) is 3.95. The third-order valence-corrected chi connectivity index (χ3v) is 6.14. The van der Waals surface area contributed by atoms with E-state index in [1.165, 1.54) is 16.2 Å². The Balaban J connectivity index is 1.70. The predicted octanol–water partition coefficient (Wildman–Crippen LogP) is 3.80. The number of aryl methyl sites for hydroxylation is 1. The van der Waals surface area contributed by atoms with Crippen molar-refractivity contribution in [3.8, 4) is 0 Å². The summed E-state index contributed by atoms with van der Waals surface area (Å²) in [5.41, 5.74) is 3.71. The summed E-state index contributed by atoms with van der Waals surface area (Å²) in [5.74, 6) is -0.921. The van der Waals surface area contributed by atoms with Crippen molar-refractivity contribution in [2.45, 2.75) is 26.3 Å². The highest BCUT2D eigenvalue weighted by molar-refractivity contribution is 7.12. The first kappa shape index (κ1) is 23.2. The number of hydrogen-bond donors (Lipinski definition) is 2. The summed E-state index contributed by atoms with van der Waals surface area (Å²) < 4.78 is 0. The lowest BCUT2D eigenvalue weighted by atomic mass is 10.0. The van der Waals surface area contributed by atoms with Crippen LogP contribution in [0, 0.1) is 13.8 Å². The minimum Gasteiger partial charge on any atom is -0.339 e. The number of thiophene rings is 1. The van der Waals surface area contributed by atoms with Crippen LogP contribution in [0.2, 0.25) is 0 Å². The Morgan fingerprint density at radius 1 is 0.969 bits per heavy atom. The molecule has 1 aromatic heterocycles. The summed E-state index contributed by atoms with van der Waals surface area (Å²) in [4.78, 5) is 40.3. The maximum atomic E-state index is 13.2. The molecule has 0 saturated heterocycles. The lowest BCUT2D eigenvalue weighted by molar-refractivity contribution is -0.135. The van der Waals surface area contributed by atoms with Crippen molar-refractivity contribution in [1.82, 2.24) is 10.2 Å². The lowest BCUT2D eigenvalue weighted by Gasteiger charge is -2.24. The molecule has 7 heteroatoms. The number of anilines is 1. The van der Waals surface area contributed by atoms with E-state index in [-0.39, 0.29) is 24.3 Å². The van der Waals surface area contributed by atoms with E-state index in [0.29, 0.717) is 11.3 Å². The quantitative estimate of drug-likeness (QED) is 0.549. The van der Waals surface area contributed by atoms with Crippen molar-refractivity contribution < 1.29 is 14.4 Å². The summed E-state index contributed by atoms with van der Waals surface area (Å²) in [7, 11) is 1.57. The fraction of sp³-hybridized carbons (Fsp3) is 0.240. The number of amides is 3. The van der Waals surface area contributed by atoms with Crippen LogP contribution < -0.4 is 10.6 Å². The van der Waals surface area contributed by atoms with Crippen molar-refractivity contribution in [1.29, 1.82) is 0 Å². The molecule has 32 heavy (non-hydrogen) atoms. The van der Waals surface area contributed by atoms with E-state index in [2.05, 4.69) is 10.6 Å². The van der Waals surface area contributed by atoms with Crippen LogP contribution >= 0.6 is 11.3 Å². The van der Waals surface area contributed by atoms with Crippen LogP contribution in [0.3, 0.4) is 0 Å². The van der Waals surface area contributed by atoms with Crippen LogP contribution in [0.15, 0.2) is 66.0 Å². The first-order valence-corrected chi connectivity index (χ1v) is 11.2. The van der Waals surface area contributed by atoms with Gasteiger partial charge in [-0.1, -0.05) is 48.5 Å². The van der Waals surface area contributed by atoms with Gasteiger partial charge in [0.2, 0.25) is 11.8 Å². The van der Waals surface area contributed by atoms with Gasteiger partial charge in [0.15, 0.2) is 0 Å². The van der Waals surface area contributed by atoms with Crippen LogP contribution in [-0.2, 0) is 16.0 Å². The van der Waals surface area contributed by atoms with Crippen LogP contribution in [0.5, 0.6) is 0 Å². The third kappa shape index (κ3) is 6.04. The summed E-state index contributed by atoms with van der Waals surface area (Å²) in [6.45, 7) is 3.80. The Labute approximate surface area is 192 Å². The molecule has 0 radical (unpaired) electrons. The van der Waals surface area contributed by atoms with Crippen LogP contribution in [-0.4, -0.2) is 42.3 Å². The first-order valence-electron chi connectivity index (χ1n) is 10.3. The van der Waals surface area contributed by atoms with Crippen molar-refractivity contribution in [3.05, 3.63) is 87.6 Å². The minimum atomic E-state index is -0.787. The molecule has 0 aliphatic carbocycles. The molecule has 166 valence electrons. The molecule has 1 heterocycles. The summed E-state index contributed by atoms with van der Waals surface area (Å²) in [6, 6.07) is 17.9. The van der Waals surface area contributed by atoms with E-state index in [0.717, 1.165) is 22.4 Å². The SMILES string of the molecule is Cc1cccc(NC(=O)CN(C)C(=O)C(Cc2ccccc2)NC(=O)c2cccs2)c1C. The van der Waals surface area contributed by atoms with Gasteiger partial charge in [0.05, 0.1) is 11.4 Å². The second kappa shape index (κ2) is 10.7. The number of nitrogens with zero attached hydrogens (tertiary/aromatic N) is 1. The van der Waals surface area contributed by atoms with E-state index < -0.39 is 6.04 Å². The van der Waals surface area contributed by atoms with Gasteiger partial charge in [-0.05, 0) is 48.1 Å². The van der Waals surface area contributed by atoms with Gasteiger partial charge >= 0.3 is 0 Å². The van der Waals surface area contributed by atoms with E-state index in [4.69, 9.17) is 0 Å². The number of carbonyl (C=O) groups excluding carboxylic acids is 3. The topological polar surface area (TPSA) is 78.5 Å². The molecule has 0 aliphatic rings. The van der Waals surface area contributed by atoms with Gasteiger partial charge in [-0.2, -0.15) is 0 Å². The smallest absolute Gasteiger partial charge is 0.262 e. The summed E-state index contributed by atoms with van der Waals surface area (Å²) >= 11 is 1.31. The molecule has 3 amide bonds. The Bertz CT molecular complexity index is 1080.